The van der Waals surface area contributed by atoms with Crippen molar-refractivity contribution < 1.29 is 50.7 Å². The van der Waals surface area contributed by atoms with Gasteiger partial charge in [-0.25, -0.2) is 0 Å². The molecule has 0 aliphatic heterocycles. The maximum atomic E-state index is 2.24. The van der Waals surface area contributed by atoms with Crippen LogP contribution in [0, 0.1) is 0 Å². The molecule has 2 radical (unpaired) electrons. The van der Waals surface area contributed by atoms with E-state index in [2.05, 4.69) is 134 Å². The Morgan fingerprint density at radius 1 is 0.472 bits per heavy atom. The van der Waals surface area contributed by atoms with Gasteiger partial charge in [-0.3, -0.25) is 0 Å². The standard InChI is InChI=1S/2C15H11.C2H6Si.2ClH.Hf/c2*1-2-5-12(6-3-1)15-10-9-13-7-4-8-14(13)11-15;1-3-2;;;/h2*1-11H;1-2H3;2*1H;/q2*-1;;;;+4/p-2. The predicted molar refractivity (Wildman–Crippen MR) is 147 cm³/mol. The predicted octanol–water partition coefficient (Wildman–Crippen LogP) is 3.24. The molecule has 0 spiro atoms. The van der Waals surface area contributed by atoms with Gasteiger partial charge in [-0.15, -0.1) is 35.0 Å². The van der Waals surface area contributed by atoms with Crippen molar-refractivity contribution in [2.24, 2.45) is 0 Å². The van der Waals surface area contributed by atoms with Crippen LogP contribution in [-0.4, -0.2) is 9.52 Å². The molecule has 0 N–H and O–H groups in total. The zero-order valence-electron chi connectivity index (χ0n) is 20.5. The van der Waals surface area contributed by atoms with Crippen LogP contribution in [0.4, 0.5) is 0 Å². The third-order valence-corrected chi connectivity index (χ3v) is 5.49. The summed E-state index contributed by atoms with van der Waals surface area (Å²) in [7, 11) is 1.08. The molecule has 0 bridgehead atoms. The van der Waals surface area contributed by atoms with Crippen molar-refractivity contribution in [2.75, 3.05) is 0 Å². The van der Waals surface area contributed by atoms with E-state index in [9.17, 15) is 0 Å². The Balaban J connectivity index is 0.000000302. The Labute approximate surface area is 248 Å². The SMILES string of the molecule is C[Si]C.[Cl-].[Cl-].[Hf+4].c1ccc(-c2ccc3[cH-]ccc3c2)cc1.c1ccc(-c2ccc3[cH-]ccc3c2)cc1. The smallest absolute Gasteiger partial charge is 1.00 e. The third-order valence-electron chi connectivity index (χ3n) is 5.49. The molecule has 6 rings (SSSR count). The molecule has 0 fully saturated rings. The Kier molecular flexibility index (Phi) is 14.6. The van der Waals surface area contributed by atoms with Gasteiger partial charge in [0.2, 0.25) is 0 Å². The minimum Gasteiger partial charge on any atom is -1.00 e. The molecule has 6 aromatic carbocycles. The molecule has 0 atom stereocenters. The fourth-order valence-electron chi connectivity index (χ4n) is 3.87. The molecule has 178 valence electrons. The van der Waals surface area contributed by atoms with Crippen molar-refractivity contribution in [3.05, 3.63) is 133 Å². The Morgan fingerprint density at radius 3 is 1.19 bits per heavy atom. The Bertz CT molecular complexity index is 1300. The van der Waals surface area contributed by atoms with Crippen LogP contribution in [0.2, 0.25) is 13.1 Å². The zero-order valence-corrected chi connectivity index (χ0v) is 26.6. The topological polar surface area (TPSA) is 0 Å². The van der Waals surface area contributed by atoms with Gasteiger partial charge in [-0.1, -0.05) is 98.0 Å². The number of benzene rings is 4. The first kappa shape index (κ1) is 31.8. The van der Waals surface area contributed by atoms with E-state index in [0.717, 1.165) is 9.52 Å². The summed E-state index contributed by atoms with van der Waals surface area (Å²) in [5.74, 6) is 0. The van der Waals surface area contributed by atoms with E-state index in [4.69, 9.17) is 0 Å². The molecule has 0 saturated carbocycles. The molecule has 0 saturated heterocycles. The Morgan fingerprint density at radius 2 is 0.833 bits per heavy atom. The van der Waals surface area contributed by atoms with Crippen LogP contribution in [0.25, 0.3) is 43.8 Å². The van der Waals surface area contributed by atoms with Crippen LogP contribution in [0.1, 0.15) is 0 Å². The second-order valence-electron chi connectivity index (χ2n) is 7.97. The molecule has 0 unspecified atom stereocenters. The van der Waals surface area contributed by atoms with Crippen molar-refractivity contribution in [3.63, 3.8) is 0 Å². The molecule has 36 heavy (non-hydrogen) atoms. The van der Waals surface area contributed by atoms with Crippen LogP contribution >= 0.6 is 0 Å². The van der Waals surface area contributed by atoms with Gasteiger partial charge in [0.15, 0.2) is 0 Å². The van der Waals surface area contributed by atoms with E-state index in [-0.39, 0.29) is 50.7 Å². The summed E-state index contributed by atoms with van der Waals surface area (Å²) < 4.78 is 0. The van der Waals surface area contributed by atoms with Crippen molar-refractivity contribution in [2.45, 2.75) is 13.1 Å². The first-order valence-electron chi connectivity index (χ1n) is 11.3. The van der Waals surface area contributed by atoms with Gasteiger partial charge in [0, 0.05) is 9.52 Å². The number of hydrogen-bond donors (Lipinski definition) is 0. The molecular weight excluding hydrogens is 662 g/mol. The van der Waals surface area contributed by atoms with Gasteiger partial charge in [-0.2, -0.15) is 35.0 Å². The van der Waals surface area contributed by atoms with E-state index in [0.29, 0.717) is 0 Å². The molecule has 0 nitrogen and oxygen atoms in total. The molecule has 0 amide bonds. The Hall–Kier alpha value is -2.23. The summed E-state index contributed by atoms with van der Waals surface area (Å²) in [5.41, 5.74) is 5.13. The zero-order chi connectivity index (χ0) is 22.9. The van der Waals surface area contributed by atoms with Crippen LogP contribution in [0.5, 0.6) is 0 Å². The van der Waals surface area contributed by atoms with Gasteiger partial charge >= 0.3 is 25.8 Å². The van der Waals surface area contributed by atoms with E-state index < -0.39 is 0 Å². The second kappa shape index (κ2) is 16.5. The quantitative estimate of drug-likeness (QED) is 0.194. The van der Waals surface area contributed by atoms with Crippen molar-refractivity contribution in [3.8, 4) is 22.3 Å². The summed E-state index contributed by atoms with van der Waals surface area (Å²) in [6.45, 7) is 4.31. The van der Waals surface area contributed by atoms with E-state index >= 15 is 0 Å². The fraction of sp³-hybridized carbons (Fsp3) is 0.0625. The number of fused-ring (bicyclic) bond motifs is 2. The van der Waals surface area contributed by atoms with Gasteiger partial charge in [-0.05, 0) is 22.3 Å². The minimum absolute atomic E-state index is 0. The normalized spacial score (nSPS) is 9.39. The summed E-state index contributed by atoms with van der Waals surface area (Å²) in [6, 6.07) is 46.9. The van der Waals surface area contributed by atoms with Crippen molar-refractivity contribution >= 4 is 31.1 Å². The molecule has 4 heteroatoms. The van der Waals surface area contributed by atoms with Crippen LogP contribution in [0.15, 0.2) is 133 Å². The molecule has 0 aromatic heterocycles. The van der Waals surface area contributed by atoms with Crippen molar-refractivity contribution in [1.29, 1.82) is 0 Å². The molecule has 0 heterocycles. The first-order valence-corrected chi connectivity index (χ1v) is 13.3. The molecule has 6 aromatic rings. The molecule has 0 aliphatic rings. The number of rotatable bonds is 2. The van der Waals surface area contributed by atoms with Crippen LogP contribution < -0.4 is 24.8 Å². The minimum atomic E-state index is 0. The largest absolute Gasteiger partial charge is 4.00 e. The summed E-state index contributed by atoms with van der Waals surface area (Å²) in [4.78, 5) is 0. The first-order chi connectivity index (χ1) is 16.3. The van der Waals surface area contributed by atoms with Crippen LogP contribution in [-0.2, 0) is 25.8 Å². The molecular formula is C32H28Cl2HfSi. The maximum absolute atomic E-state index is 2.24. The summed E-state index contributed by atoms with van der Waals surface area (Å²) in [5, 5.41) is 5.26. The monoisotopic (exact) mass is 690 g/mol. The number of halogens is 2. The van der Waals surface area contributed by atoms with E-state index in [1.54, 1.807) is 0 Å². The van der Waals surface area contributed by atoms with Gasteiger partial charge in [0.05, 0.1) is 0 Å². The fourth-order valence-corrected chi connectivity index (χ4v) is 3.87. The number of hydrogen-bond acceptors (Lipinski definition) is 0. The van der Waals surface area contributed by atoms with E-state index in [1.165, 1.54) is 43.8 Å². The average Bonchev–Trinajstić information content (AvgIpc) is 3.54. The van der Waals surface area contributed by atoms with Gasteiger partial charge in [0.25, 0.3) is 0 Å². The van der Waals surface area contributed by atoms with Gasteiger partial charge in [0.1, 0.15) is 0 Å². The third kappa shape index (κ3) is 8.42. The van der Waals surface area contributed by atoms with E-state index in [1.807, 2.05) is 12.1 Å². The van der Waals surface area contributed by atoms with Gasteiger partial charge < -0.3 is 24.8 Å². The second-order valence-corrected chi connectivity index (χ2v) is 8.97. The van der Waals surface area contributed by atoms with Crippen molar-refractivity contribution in [1.82, 2.24) is 0 Å². The van der Waals surface area contributed by atoms with Crippen LogP contribution in [0.3, 0.4) is 0 Å². The maximum Gasteiger partial charge on any atom is 4.00 e. The average molecular weight is 690 g/mol. The molecule has 0 aliphatic carbocycles. The summed E-state index contributed by atoms with van der Waals surface area (Å²) in [6.07, 6.45) is 0. The summed E-state index contributed by atoms with van der Waals surface area (Å²) >= 11 is 0.